The highest BCUT2D eigenvalue weighted by atomic mass is 16.4. The Morgan fingerprint density at radius 1 is 1.41 bits per heavy atom. The summed E-state index contributed by atoms with van der Waals surface area (Å²) < 4.78 is 4.97. The average Bonchev–Trinajstić information content (AvgIpc) is 2.99. The highest BCUT2D eigenvalue weighted by Gasteiger charge is 2.33. The Balaban J connectivity index is 1.97. The monoisotopic (exact) mass is 308 g/mol. The van der Waals surface area contributed by atoms with Crippen molar-refractivity contribution in [3.8, 4) is 0 Å². The van der Waals surface area contributed by atoms with E-state index in [0.717, 1.165) is 0 Å². The van der Waals surface area contributed by atoms with Gasteiger partial charge in [0.05, 0.1) is 12.2 Å². The summed E-state index contributed by atoms with van der Waals surface area (Å²) in [5, 5.41) is 11.7. The second kappa shape index (κ2) is 6.64. The molecule has 1 saturated heterocycles. The lowest BCUT2D eigenvalue weighted by Crippen LogP contribution is -2.52. The van der Waals surface area contributed by atoms with Gasteiger partial charge in [0, 0.05) is 13.1 Å². The molecule has 2 rings (SSSR count). The van der Waals surface area contributed by atoms with Gasteiger partial charge in [0.25, 0.3) is 5.91 Å². The van der Waals surface area contributed by atoms with Gasteiger partial charge < -0.3 is 19.7 Å². The number of nitrogens with one attached hydrogen (secondary N) is 1. The van der Waals surface area contributed by atoms with Gasteiger partial charge in [-0.2, -0.15) is 0 Å². The summed E-state index contributed by atoms with van der Waals surface area (Å²) in [6.45, 7) is 4.18. The number of carbonyl (C=O) groups is 3. The molecule has 22 heavy (non-hydrogen) atoms. The fourth-order valence-electron chi connectivity index (χ4n) is 2.72. The third-order valence-electron chi connectivity index (χ3n) is 3.78. The number of amides is 2. The molecule has 3 unspecified atom stereocenters. The van der Waals surface area contributed by atoms with Crippen LogP contribution in [0.5, 0.6) is 0 Å². The molecule has 2 N–H and O–H groups in total. The van der Waals surface area contributed by atoms with E-state index >= 15 is 0 Å². The van der Waals surface area contributed by atoms with E-state index in [1.807, 2.05) is 6.92 Å². The first-order chi connectivity index (χ1) is 10.4. The number of hydrogen-bond acceptors (Lipinski definition) is 4. The quantitative estimate of drug-likeness (QED) is 0.863. The van der Waals surface area contributed by atoms with Gasteiger partial charge in [-0.1, -0.05) is 6.92 Å². The fraction of sp³-hybridized carbons (Fsp3) is 0.533. The number of carboxylic acids is 1. The zero-order valence-electron chi connectivity index (χ0n) is 12.6. The number of carbonyl (C=O) groups excluding carboxylic acids is 2. The van der Waals surface area contributed by atoms with Crippen LogP contribution in [0.15, 0.2) is 22.8 Å². The molecule has 1 aromatic rings. The Labute approximate surface area is 128 Å². The van der Waals surface area contributed by atoms with E-state index in [1.54, 1.807) is 13.0 Å². The van der Waals surface area contributed by atoms with Crippen molar-refractivity contribution in [1.29, 1.82) is 0 Å². The number of aliphatic carboxylic acids is 1. The van der Waals surface area contributed by atoms with Gasteiger partial charge in [-0.15, -0.1) is 0 Å². The van der Waals surface area contributed by atoms with Crippen LogP contribution in [0, 0.1) is 11.8 Å². The third-order valence-corrected chi connectivity index (χ3v) is 3.78. The minimum Gasteiger partial charge on any atom is -0.481 e. The highest BCUT2D eigenvalue weighted by molar-refractivity contribution is 5.95. The van der Waals surface area contributed by atoms with Crippen LogP contribution in [0.4, 0.5) is 0 Å². The second-order valence-electron chi connectivity index (χ2n) is 5.79. The molecular formula is C15H20N2O5. The minimum atomic E-state index is -0.892. The van der Waals surface area contributed by atoms with Crippen molar-refractivity contribution in [2.24, 2.45) is 11.8 Å². The van der Waals surface area contributed by atoms with E-state index in [4.69, 9.17) is 9.52 Å². The summed E-state index contributed by atoms with van der Waals surface area (Å²) in [4.78, 5) is 36.9. The summed E-state index contributed by atoms with van der Waals surface area (Å²) in [5.41, 5.74) is 0. The molecule has 120 valence electrons. The maximum Gasteiger partial charge on any atom is 0.308 e. The second-order valence-corrected chi connectivity index (χ2v) is 5.79. The van der Waals surface area contributed by atoms with Crippen LogP contribution in [0.1, 0.15) is 30.8 Å². The fourth-order valence-corrected chi connectivity index (χ4v) is 2.72. The molecule has 7 heteroatoms. The molecule has 2 amide bonds. The lowest BCUT2D eigenvalue weighted by Gasteiger charge is -2.36. The van der Waals surface area contributed by atoms with E-state index in [-0.39, 0.29) is 24.1 Å². The van der Waals surface area contributed by atoms with Gasteiger partial charge in [-0.3, -0.25) is 14.4 Å². The zero-order valence-corrected chi connectivity index (χ0v) is 12.6. The van der Waals surface area contributed by atoms with Crippen molar-refractivity contribution in [2.75, 3.05) is 13.1 Å². The van der Waals surface area contributed by atoms with E-state index in [1.165, 1.54) is 17.2 Å². The number of rotatable bonds is 4. The molecular weight excluding hydrogens is 288 g/mol. The van der Waals surface area contributed by atoms with Crippen LogP contribution >= 0.6 is 0 Å². The van der Waals surface area contributed by atoms with Crippen LogP contribution < -0.4 is 5.32 Å². The Morgan fingerprint density at radius 2 is 2.14 bits per heavy atom. The SMILES string of the molecule is CC1CC(C(=O)O)CN(C(=O)C(C)NC(=O)c2ccco2)C1. The standard InChI is InChI=1S/C15H20N2O5/c1-9-6-11(15(20)21)8-17(7-9)14(19)10(2)16-13(18)12-4-3-5-22-12/h3-5,9-11H,6-8H2,1-2H3,(H,16,18)(H,20,21). The molecule has 0 radical (unpaired) electrons. The summed E-state index contributed by atoms with van der Waals surface area (Å²) >= 11 is 0. The molecule has 0 aromatic carbocycles. The Morgan fingerprint density at radius 3 is 2.73 bits per heavy atom. The van der Waals surface area contributed by atoms with Gasteiger partial charge in [0.2, 0.25) is 5.91 Å². The van der Waals surface area contributed by atoms with Crippen molar-refractivity contribution in [2.45, 2.75) is 26.3 Å². The molecule has 3 atom stereocenters. The van der Waals surface area contributed by atoms with E-state index in [9.17, 15) is 14.4 Å². The normalized spacial score (nSPS) is 22.9. The summed E-state index contributed by atoms with van der Waals surface area (Å²) in [7, 11) is 0. The molecule has 0 spiro atoms. The predicted octanol–water partition coefficient (Wildman–Crippen LogP) is 0.967. The first-order valence-electron chi connectivity index (χ1n) is 7.24. The molecule has 1 aliphatic rings. The van der Waals surface area contributed by atoms with E-state index < -0.39 is 23.8 Å². The number of likely N-dealkylation sites (tertiary alicyclic amines) is 1. The van der Waals surface area contributed by atoms with Crippen LogP contribution in [0.25, 0.3) is 0 Å². The number of nitrogens with zero attached hydrogens (tertiary/aromatic N) is 1. The first-order valence-corrected chi connectivity index (χ1v) is 7.24. The number of hydrogen-bond donors (Lipinski definition) is 2. The topological polar surface area (TPSA) is 99.9 Å². The molecule has 0 aliphatic carbocycles. The predicted molar refractivity (Wildman–Crippen MR) is 77.1 cm³/mol. The van der Waals surface area contributed by atoms with Crippen molar-refractivity contribution < 1.29 is 23.9 Å². The van der Waals surface area contributed by atoms with Crippen molar-refractivity contribution in [3.05, 3.63) is 24.2 Å². The minimum absolute atomic E-state index is 0.117. The van der Waals surface area contributed by atoms with E-state index in [0.29, 0.717) is 13.0 Å². The van der Waals surface area contributed by atoms with Gasteiger partial charge in [-0.05, 0) is 31.4 Å². The van der Waals surface area contributed by atoms with Crippen molar-refractivity contribution in [3.63, 3.8) is 0 Å². The number of carboxylic acid groups (broad SMARTS) is 1. The lowest BCUT2D eigenvalue weighted by atomic mass is 9.90. The number of furan rings is 1. The molecule has 1 aromatic heterocycles. The lowest BCUT2D eigenvalue weighted by molar-refractivity contribution is -0.147. The molecule has 7 nitrogen and oxygen atoms in total. The molecule has 0 bridgehead atoms. The van der Waals surface area contributed by atoms with Gasteiger partial charge >= 0.3 is 5.97 Å². The highest BCUT2D eigenvalue weighted by Crippen LogP contribution is 2.22. The van der Waals surface area contributed by atoms with Crippen molar-refractivity contribution in [1.82, 2.24) is 10.2 Å². The van der Waals surface area contributed by atoms with Gasteiger partial charge in [0.15, 0.2) is 5.76 Å². The van der Waals surface area contributed by atoms with Crippen LogP contribution in [0.3, 0.4) is 0 Å². The maximum absolute atomic E-state index is 12.4. The Hall–Kier alpha value is -2.31. The number of piperidine rings is 1. The largest absolute Gasteiger partial charge is 0.481 e. The van der Waals surface area contributed by atoms with Crippen LogP contribution in [0.2, 0.25) is 0 Å². The molecule has 0 saturated carbocycles. The zero-order chi connectivity index (χ0) is 16.3. The molecule has 2 heterocycles. The Kier molecular flexibility index (Phi) is 4.85. The molecule has 1 aliphatic heterocycles. The van der Waals surface area contributed by atoms with Crippen LogP contribution in [-0.4, -0.2) is 46.9 Å². The average molecular weight is 308 g/mol. The summed E-state index contributed by atoms with van der Waals surface area (Å²) in [5.74, 6) is -1.94. The van der Waals surface area contributed by atoms with Crippen LogP contribution in [-0.2, 0) is 9.59 Å². The van der Waals surface area contributed by atoms with Gasteiger partial charge in [-0.25, -0.2) is 0 Å². The summed E-state index contributed by atoms with van der Waals surface area (Å²) in [6, 6.07) is 2.36. The smallest absolute Gasteiger partial charge is 0.308 e. The Bertz CT molecular complexity index is 554. The van der Waals surface area contributed by atoms with Crippen molar-refractivity contribution >= 4 is 17.8 Å². The molecule has 1 fully saturated rings. The van der Waals surface area contributed by atoms with Gasteiger partial charge in [0.1, 0.15) is 6.04 Å². The van der Waals surface area contributed by atoms with E-state index in [2.05, 4.69) is 5.32 Å². The first kappa shape index (κ1) is 16.1. The third kappa shape index (κ3) is 3.66. The maximum atomic E-state index is 12.4. The summed E-state index contributed by atoms with van der Waals surface area (Å²) in [6.07, 6.45) is 1.94.